The minimum atomic E-state index is 0.562. The van der Waals surface area contributed by atoms with Gasteiger partial charge in [-0.05, 0) is 18.3 Å². The van der Waals surface area contributed by atoms with Crippen molar-refractivity contribution in [3.05, 3.63) is 11.2 Å². The van der Waals surface area contributed by atoms with Gasteiger partial charge in [0.05, 0.1) is 6.20 Å². The van der Waals surface area contributed by atoms with Crippen molar-refractivity contribution in [1.29, 1.82) is 0 Å². The zero-order chi connectivity index (χ0) is 15.1. The average molecular weight is 299 g/mol. The first-order valence-electron chi connectivity index (χ1n) is 7.45. The second-order valence-corrected chi connectivity index (χ2v) is 6.39. The molecule has 20 heavy (non-hydrogen) atoms. The van der Waals surface area contributed by atoms with Crippen LogP contribution in [-0.4, -0.2) is 29.6 Å². The van der Waals surface area contributed by atoms with Crippen LogP contribution in [0.5, 0.6) is 0 Å². The predicted molar refractivity (Wildman–Crippen MR) is 87.7 cm³/mol. The zero-order valence-electron chi connectivity index (χ0n) is 13.3. The second kappa shape index (κ2) is 8.30. The van der Waals surface area contributed by atoms with Crippen molar-refractivity contribution in [3.63, 3.8) is 0 Å². The van der Waals surface area contributed by atoms with Gasteiger partial charge in [-0.1, -0.05) is 46.2 Å². The first kappa shape index (κ1) is 17.0. The van der Waals surface area contributed by atoms with E-state index in [1.807, 2.05) is 0 Å². The normalized spacial score (nSPS) is 11.2. The largest absolute Gasteiger partial charge is 0.355 e. The average Bonchev–Trinajstić information content (AvgIpc) is 2.36. The lowest BCUT2D eigenvalue weighted by Gasteiger charge is -2.28. The Kier molecular flexibility index (Phi) is 7.06. The number of nitrogens with one attached hydrogen (secondary N) is 1. The van der Waals surface area contributed by atoms with Crippen LogP contribution in [0, 0.1) is 11.8 Å². The van der Waals surface area contributed by atoms with Gasteiger partial charge in [0.25, 0.3) is 0 Å². The lowest BCUT2D eigenvalue weighted by atomic mass is 10.1. The van der Waals surface area contributed by atoms with Gasteiger partial charge in [0.1, 0.15) is 5.02 Å². The molecule has 1 aromatic rings. The maximum absolute atomic E-state index is 6.30. The Hall–Kier alpha value is -1.03. The van der Waals surface area contributed by atoms with Gasteiger partial charge < -0.3 is 10.2 Å². The topological polar surface area (TPSA) is 41.1 Å². The fourth-order valence-corrected chi connectivity index (χ4v) is 2.24. The maximum Gasteiger partial charge on any atom is 0.224 e. The van der Waals surface area contributed by atoms with Crippen LogP contribution in [0.4, 0.5) is 11.8 Å². The van der Waals surface area contributed by atoms with E-state index in [1.165, 1.54) is 0 Å². The first-order chi connectivity index (χ1) is 9.43. The van der Waals surface area contributed by atoms with Gasteiger partial charge >= 0.3 is 0 Å². The molecule has 0 saturated carbocycles. The highest BCUT2D eigenvalue weighted by Gasteiger charge is 2.16. The summed E-state index contributed by atoms with van der Waals surface area (Å²) in [6.07, 6.45) is 2.73. The molecule has 0 aliphatic carbocycles. The van der Waals surface area contributed by atoms with Crippen molar-refractivity contribution in [3.8, 4) is 0 Å². The van der Waals surface area contributed by atoms with Crippen LogP contribution in [0.1, 0.15) is 41.0 Å². The number of halogens is 1. The molecule has 0 aromatic carbocycles. The number of rotatable bonds is 8. The molecule has 0 radical (unpaired) electrons. The third kappa shape index (κ3) is 5.53. The summed E-state index contributed by atoms with van der Waals surface area (Å²) in [4.78, 5) is 11.1. The Morgan fingerprint density at radius 1 is 1.20 bits per heavy atom. The highest BCUT2D eigenvalue weighted by atomic mass is 35.5. The molecule has 0 bridgehead atoms. The molecule has 4 nitrogen and oxygen atoms in total. The van der Waals surface area contributed by atoms with Crippen molar-refractivity contribution in [2.75, 3.05) is 29.9 Å². The number of hydrogen-bond donors (Lipinski definition) is 1. The SMILES string of the molecule is CCCNc1ncc(Cl)c(N(CC(C)C)CC(C)C)n1. The summed E-state index contributed by atoms with van der Waals surface area (Å²) in [5.41, 5.74) is 0. The summed E-state index contributed by atoms with van der Waals surface area (Å²) >= 11 is 6.30. The summed E-state index contributed by atoms with van der Waals surface area (Å²) in [5, 5.41) is 3.83. The van der Waals surface area contributed by atoms with E-state index in [2.05, 4.69) is 54.8 Å². The molecular weight excluding hydrogens is 272 g/mol. The summed E-state index contributed by atoms with van der Waals surface area (Å²) in [6, 6.07) is 0. The van der Waals surface area contributed by atoms with Crippen LogP contribution < -0.4 is 10.2 Å². The molecular formula is C15H27ClN4. The molecule has 1 rings (SSSR count). The van der Waals surface area contributed by atoms with Crippen LogP contribution in [0.3, 0.4) is 0 Å². The minimum Gasteiger partial charge on any atom is -0.355 e. The van der Waals surface area contributed by atoms with Crippen LogP contribution in [0.2, 0.25) is 5.02 Å². The minimum absolute atomic E-state index is 0.562. The Morgan fingerprint density at radius 2 is 1.80 bits per heavy atom. The molecule has 1 aromatic heterocycles. The molecule has 0 atom stereocenters. The summed E-state index contributed by atoms with van der Waals surface area (Å²) in [7, 11) is 0. The molecule has 0 spiro atoms. The van der Waals surface area contributed by atoms with Crippen molar-refractivity contribution >= 4 is 23.4 Å². The first-order valence-corrected chi connectivity index (χ1v) is 7.83. The highest BCUT2D eigenvalue weighted by Crippen LogP contribution is 2.25. The van der Waals surface area contributed by atoms with Gasteiger partial charge in [0, 0.05) is 19.6 Å². The third-order valence-corrected chi connectivity index (χ3v) is 3.00. The van der Waals surface area contributed by atoms with Crippen LogP contribution in [-0.2, 0) is 0 Å². The standard InChI is InChI=1S/C15H27ClN4/c1-6-7-17-15-18-8-13(16)14(19-15)20(9-11(2)3)10-12(4)5/h8,11-12H,6-7,9-10H2,1-5H3,(H,17,18,19). The molecule has 0 aliphatic heterocycles. The number of anilines is 2. The molecule has 1 N–H and O–H groups in total. The lowest BCUT2D eigenvalue weighted by Crippen LogP contribution is -2.32. The molecule has 114 valence electrons. The van der Waals surface area contributed by atoms with Crippen molar-refractivity contribution in [1.82, 2.24) is 9.97 Å². The van der Waals surface area contributed by atoms with Gasteiger partial charge in [-0.3, -0.25) is 0 Å². The number of aromatic nitrogens is 2. The molecule has 5 heteroatoms. The van der Waals surface area contributed by atoms with E-state index in [0.717, 1.165) is 31.9 Å². The molecule has 1 heterocycles. The number of hydrogen-bond acceptors (Lipinski definition) is 4. The van der Waals surface area contributed by atoms with E-state index in [0.29, 0.717) is 22.8 Å². The molecule has 0 fully saturated rings. The van der Waals surface area contributed by atoms with E-state index < -0.39 is 0 Å². The smallest absolute Gasteiger partial charge is 0.224 e. The fourth-order valence-electron chi connectivity index (χ4n) is 2.03. The Morgan fingerprint density at radius 3 is 2.30 bits per heavy atom. The predicted octanol–water partition coefficient (Wildman–Crippen LogP) is 4.07. The fraction of sp³-hybridized carbons (Fsp3) is 0.733. The Labute approximate surface area is 127 Å². The van der Waals surface area contributed by atoms with Gasteiger partial charge in [-0.15, -0.1) is 0 Å². The molecule has 0 amide bonds. The summed E-state index contributed by atoms with van der Waals surface area (Å²) < 4.78 is 0. The Bertz CT molecular complexity index is 397. The number of nitrogens with zero attached hydrogens (tertiary/aromatic N) is 3. The van der Waals surface area contributed by atoms with Crippen molar-refractivity contribution in [2.24, 2.45) is 11.8 Å². The maximum atomic E-state index is 6.30. The second-order valence-electron chi connectivity index (χ2n) is 5.98. The van der Waals surface area contributed by atoms with E-state index >= 15 is 0 Å². The Balaban J connectivity index is 2.97. The van der Waals surface area contributed by atoms with Crippen molar-refractivity contribution < 1.29 is 0 Å². The highest BCUT2D eigenvalue weighted by molar-refractivity contribution is 6.32. The van der Waals surface area contributed by atoms with Gasteiger partial charge in [-0.2, -0.15) is 4.98 Å². The molecule has 0 saturated heterocycles. The van der Waals surface area contributed by atoms with E-state index in [4.69, 9.17) is 11.6 Å². The van der Waals surface area contributed by atoms with E-state index in [1.54, 1.807) is 6.20 Å². The molecule has 0 unspecified atom stereocenters. The third-order valence-electron chi connectivity index (χ3n) is 2.73. The van der Waals surface area contributed by atoms with Gasteiger partial charge in [-0.25, -0.2) is 4.98 Å². The van der Waals surface area contributed by atoms with Crippen LogP contribution in [0.25, 0.3) is 0 Å². The quantitative estimate of drug-likeness (QED) is 0.785. The van der Waals surface area contributed by atoms with Crippen molar-refractivity contribution in [2.45, 2.75) is 41.0 Å². The van der Waals surface area contributed by atoms with E-state index in [9.17, 15) is 0 Å². The monoisotopic (exact) mass is 298 g/mol. The van der Waals surface area contributed by atoms with Crippen LogP contribution in [0.15, 0.2) is 6.20 Å². The van der Waals surface area contributed by atoms with Gasteiger partial charge in [0.2, 0.25) is 5.95 Å². The van der Waals surface area contributed by atoms with E-state index in [-0.39, 0.29) is 0 Å². The zero-order valence-corrected chi connectivity index (χ0v) is 14.0. The molecule has 0 aliphatic rings. The summed E-state index contributed by atoms with van der Waals surface area (Å²) in [6.45, 7) is 13.7. The van der Waals surface area contributed by atoms with Gasteiger partial charge in [0.15, 0.2) is 5.82 Å². The van der Waals surface area contributed by atoms with Crippen LogP contribution >= 0.6 is 11.6 Å². The lowest BCUT2D eigenvalue weighted by molar-refractivity contribution is 0.548. The summed E-state index contributed by atoms with van der Waals surface area (Å²) in [5.74, 6) is 2.62.